The van der Waals surface area contributed by atoms with Crippen LogP contribution in [0.25, 0.3) is 16.7 Å². The van der Waals surface area contributed by atoms with Crippen LogP contribution in [-0.2, 0) is 4.79 Å². The van der Waals surface area contributed by atoms with E-state index in [9.17, 15) is 14.9 Å². The minimum Gasteiger partial charge on any atom is -0.495 e. The van der Waals surface area contributed by atoms with Crippen molar-refractivity contribution >= 4 is 34.4 Å². The number of methoxy groups -OCH3 is 1. The summed E-state index contributed by atoms with van der Waals surface area (Å²) in [6.07, 6.45) is 0. The van der Waals surface area contributed by atoms with Gasteiger partial charge in [0.1, 0.15) is 5.75 Å². The Hall–Kier alpha value is -3.07. The molecule has 9 heteroatoms. The lowest BCUT2D eigenvalue weighted by Gasteiger charge is -2.17. The van der Waals surface area contributed by atoms with E-state index in [1.54, 1.807) is 13.2 Å². The summed E-state index contributed by atoms with van der Waals surface area (Å²) < 4.78 is 7.36. The summed E-state index contributed by atoms with van der Waals surface area (Å²) in [5.74, 6) is 1.05. The van der Waals surface area contributed by atoms with Gasteiger partial charge >= 0.3 is 0 Å². The van der Waals surface area contributed by atoms with E-state index in [1.807, 2.05) is 49.6 Å². The lowest BCUT2D eigenvalue weighted by molar-refractivity contribution is -0.384. The molecule has 0 radical (unpaired) electrons. The Balaban J connectivity index is 2.01. The molecule has 3 aromatic rings. The molecule has 158 valence electrons. The van der Waals surface area contributed by atoms with Crippen LogP contribution in [0.1, 0.15) is 20.8 Å². The fourth-order valence-electron chi connectivity index (χ4n) is 2.90. The maximum absolute atomic E-state index is 12.4. The van der Waals surface area contributed by atoms with Gasteiger partial charge in [0.05, 0.1) is 34.5 Å². The van der Waals surface area contributed by atoms with Crippen LogP contribution in [0.5, 0.6) is 5.75 Å². The van der Waals surface area contributed by atoms with Crippen LogP contribution in [0.15, 0.2) is 47.6 Å². The van der Waals surface area contributed by atoms with Crippen LogP contribution in [0.4, 0.5) is 5.69 Å². The van der Waals surface area contributed by atoms with Crippen molar-refractivity contribution in [2.45, 2.75) is 32.0 Å². The third-order valence-electron chi connectivity index (χ3n) is 4.87. The number of rotatable bonds is 8. The zero-order chi connectivity index (χ0) is 21.8. The number of nitrogens with zero attached hydrogens (tertiary/aromatic N) is 3. The summed E-state index contributed by atoms with van der Waals surface area (Å²) in [5.41, 5.74) is 1.89. The van der Waals surface area contributed by atoms with Crippen molar-refractivity contribution in [3.8, 4) is 11.4 Å². The lowest BCUT2D eigenvalue weighted by Crippen LogP contribution is -2.37. The van der Waals surface area contributed by atoms with E-state index in [0.717, 1.165) is 5.69 Å². The quantitative estimate of drug-likeness (QED) is 0.328. The molecule has 0 unspecified atom stereocenters. The largest absolute Gasteiger partial charge is 0.495 e. The second-order valence-corrected chi connectivity index (χ2v) is 8.16. The maximum atomic E-state index is 12.4. The first-order chi connectivity index (χ1) is 14.3. The molecule has 0 saturated heterocycles. The predicted molar refractivity (Wildman–Crippen MR) is 117 cm³/mol. The van der Waals surface area contributed by atoms with E-state index < -0.39 is 4.92 Å². The normalized spacial score (nSPS) is 12.2. The Bertz CT molecular complexity index is 1080. The number of amides is 1. The number of nitro benzene ring substituents is 1. The van der Waals surface area contributed by atoms with Crippen LogP contribution in [0, 0.1) is 16.0 Å². The van der Waals surface area contributed by atoms with E-state index in [4.69, 9.17) is 4.74 Å². The number of aromatic nitrogens is 2. The number of benzene rings is 2. The van der Waals surface area contributed by atoms with Crippen molar-refractivity contribution in [1.82, 2.24) is 14.9 Å². The molecule has 0 aliphatic heterocycles. The molecule has 1 aromatic heterocycles. The highest BCUT2D eigenvalue weighted by molar-refractivity contribution is 7.99. The van der Waals surface area contributed by atoms with Crippen molar-refractivity contribution in [2.75, 3.05) is 12.9 Å². The summed E-state index contributed by atoms with van der Waals surface area (Å²) in [4.78, 5) is 27.7. The molecular formula is C21H24N4O4S. The fourth-order valence-corrected chi connectivity index (χ4v) is 3.73. The van der Waals surface area contributed by atoms with Crippen molar-refractivity contribution < 1.29 is 14.5 Å². The minimum atomic E-state index is -0.449. The highest BCUT2D eigenvalue weighted by Crippen LogP contribution is 2.33. The van der Waals surface area contributed by atoms with Crippen LogP contribution < -0.4 is 10.1 Å². The summed E-state index contributed by atoms with van der Waals surface area (Å²) in [6, 6.07) is 12.1. The third kappa shape index (κ3) is 4.56. The number of non-ortho nitro benzene ring substituents is 1. The van der Waals surface area contributed by atoms with Gasteiger partial charge < -0.3 is 10.1 Å². The first-order valence-electron chi connectivity index (χ1n) is 9.54. The Morgan fingerprint density at radius 3 is 2.67 bits per heavy atom. The number of hydrogen-bond donors (Lipinski definition) is 1. The molecular weight excluding hydrogens is 404 g/mol. The first kappa shape index (κ1) is 21.6. The van der Waals surface area contributed by atoms with E-state index in [2.05, 4.69) is 10.3 Å². The average Bonchev–Trinajstić information content (AvgIpc) is 3.09. The van der Waals surface area contributed by atoms with Gasteiger partial charge in [-0.2, -0.15) is 0 Å². The number of fused-ring (bicyclic) bond motifs is 1. The molecule has 1 atom stereocenters. The molecule has 1 N–H and O–H groups in total. The van der Waals surface area contributed by atoms with Crippen LogP contribution in [0.3, 0.4) is 0 Å². The van der Waals surface area contributed by atoms with Gasteiger partial charge in [0, 0.05) is 18.2 Å². The molecule has 0 fully saturated rings. The summed E-state index contributed by atoms with van der Waals surface area (Å²) >= 11 is 1.28. The van der Waals surface area contributed by atoms with Gasteiger partial charge in [0.25, 0.3) is 5.69 Å². The van der Waals surface area contributed by atoms with Crippen molar-refractivity contribution in [2.24, 2.45) is 5.92 Å². The summed E-state index contributed by atoms with van der Waals surface area (Å²) in [6.45, 7) is 6.06. The van der Waals surface area contributed by atoms with Crippen molar-refractivity contribution in [3.63, 3.8) is 0 Å². The highest BCUT2D eigenvalue weighted by Gasteiger charge is 2.20. The zero-order valence-electron chi connectivity index (χ0n) is 17.3. The Labute approximate surface area is 178 Å². The number of para-hydroxylation sites is 2. The molecule has 0 saturated carbocycles. The Morgan fingerprint density at radius 1 is 1.27 bits per heavy atom. The molecule has 30 heavy (non-hydrogen) atoms. The van der Waals surface area contributed by atoms with Crippen LogP contribution in [-0.4, -0.2) is 39.3 Å². The second-order valence-electron chi connectivity index (χ2n) is 7.22. The lowest BCUT2D eigenvalue weighted by atomic mass is 10.1. The van der Waals surface area contributed by atoms with E-state index in [-0.39, 0.29) is 23.4 Å². The van der Waals surface area contributed by atoms with E-state index in [1.165, 1.54) is 23.9 Å². The number of hydrogen-bond acceptors (Lipinski definition) is 6. The zero-order valence-corrected chi connectivity index (χ0v) is 18.1. The van der Waals surface area contributed by atoms with Gasteiger partial charge in [0.15, 0.2) is 5.16 Å². The van der Waals surface area contributed by atoms with Gasteiger partial charge in [-0.15, -0.1) is 0 Å². The molecule has 3 rings (SSSR count). The Kier molecular flexibility index (Phi) is 6.61. The standard InChI is InChI=1S/C21H24N4O4S/c1-13(2)14(3)22-20(26)12-30-21-23-16-11-15(25(27)28)9-10-17(16)24(21)18-7-5-6-8-19(18)29-4/h5-11,13-14H,12H2,1-4H3,(H,22,26)/t14-/m0/s1. The van der Waals surface area contributed by atoms with Gasteiger partial charge in [-0.05, 0) is 31.0 Å². The Morgan fingerprint density at radius 2 is 2.00 bits per heavy atom. The molecule has 1 amide bonds. The van der Waals surface area contributed by atoms with Gasteiger partial charge in [0.2, 0.25) is 5.91 Å². The summed E-state index contributed by atoms with van der Waals surface area (Å²) in [7, 11) is 1.58. The third-order valence-corrected chi connectivity index (χ3v) is 5.80. The number of thioether (sulfide) groups is 1. The van der Waals surface area contributed by atoms with Gasteiger partial charge in [-0.1, -0.05) is 37.7 Å². The fraction of sp³-hybridized carbons (Fsp3) is 0.333. The minimum absolute atomic E-state index is 0.0350. The predicted octanol–water partition coefficient (Wildman–Crippen LogP) is 4.20. The van der Waals surface area contributed by atoms with Crippen molar-refractivity contribution in [1.29, 1.82) is 0 Å². The van der Waals surface area contributed by atoms with Crippen LogP contribution >= 0.6 is 11.8 Å². The molecule has 0 aliphatic carbocycles. The molecule has 0 aliphatic rings. The number of ether oxygens (including phenoxy) is 1. The first-order valence-corrected chi connectivity index (χ1v) is 10.5. The number of carbonyl (C=O) groups is 1. The molecule has 0 bridgehead atoms. The van der Waals surface area contributed by atoms with E-state index in [0.29, 0.717) is 27.9 Å². The topological polar surface area (TPSA) is 99.3 Å². The second kappa shape index (κ2) is 9.17. The van der Waals surface area contributed by atoms with Gasteiger partial charge in [-0.25, -0.2) is 4.98 Å². The monoisotopic (exact) mass is 428 g/mol. The van der Waals surface area contributed by atoms with Gasteiger partial charge in [-0.3, -0.25) is 19.5 Å². The number of nitrogens with one attached hydrogen (secondary N) is 1. The van der Waals surface area contributed by atoms with E-state index >= 15 is 0 Å². The number of carbonyl (C=O) groups excluding carboxylic acids is 1. The SMILES string of the molecule is COc1ccccc1-n1c(SCC(=O)N[C@@H](C)C(C)C)nc2cc([N+](=O)[O-])ccc21. The smallest absolute Gasteiger partial charge is 0.271 e. The summed E-state index contributed by atoms with van der Waals surface area (Å²) in [5, 5.41) is 14.7. The molecule has 0 spiro atoms. The number of imidazole rings is 1. The molecule has 8 nitrogen and oxygen atoms in total. The molecule has 2 aromatic carbocycles. The highest BCUT2D eigenvalue weighted by atomic mass is 32.2. The average molecular weight is 429 g/mol. The maximum Gasteiger partial charge on any atom is 0.271 e. The van der Waals surface area contributed by atoms with Crippen molar-refractivity contribution in [3.05, 3.63) is 52.6 Å². The van der Waals surface area contributed by atoms with Crippen LogP contribution in [0.2, 0.25) is 0 Å². The molecule has 1 heterocycles. The number of nitro groups is 1.